The smallest absolute Gasteiger partial charge is 0.186 e. The summed E-state index contributed by atoms with van der Waals surface area (Å²) in [6, 6.07) is 16.5. The number of fused-ring (bicyclic) bond motifs is 1. The van der Waals surface area contributed by atoms with Gasteiger partial charge in [-0.2, -0.15) is 0 Å². The third-order valence-corrected chi connectivity index (χ3v) is 9.07. The summed E-state index contributed by atoms with van der Waals surface area (Å²) in [6.45, 7) is 1.11. The molecule has 0 aliphatic carbocycles. The van der Waals surface area contributed by atoms with E-state index in [-0.39, 0.29) is 15.4 Å². The monoisotopic (exact) mass is 431 g/mol. The minimum absolute atomic E-state index is 0.0462. The second-order valence-electron chi connectivity index (χ2n) is 6.92. The number of aromatic nitrogens is 1. The van der Waals surface area contributed by atoms with Crippen molar-refractivity contribution in [3.8, 4) is 5.75 Å². The first-order valence-electron chi connectivity index (χ1n) is 9.28. The van der Waals surface area contributed by atoms with Crippen LogP contribution in [0, 0.1) is 0 Å². The van der Waals surface area contributed by atoms with Crippen molar-refractivity contribution in [2.75, 3.05) is 12.4 Å². The van der Waals surface area contributed by atoms with E-state index < -0.39 is 30.7 Å². The predicted molar refractivity (Wildman–Crippen MR) is 109 cm³/mol. The van der Waals surface area contributed by atoms with E-state index in [1.165, 1.54) is 18.2 Å². The van der Waals surface area contributed by atoms with Crippen molar-refractivity contribution in [3.05, 3.63) is 78.6 Å². The molecule has 0 spiro atoms. The van der Waals surface area contributed by atoms with Crippen molar-refractivity contribution in [2.24, 2.45) is 0 Å². The Hall–Kier alpha value is -2.58. The Labute approximate surface area is 170 Å². The molecular formula is C21H21NO5S2. The van der Waals surface area contributed by atoms with E-state index in [0.29, 0.717) is 18.8 Å². The minimum atomic E-state index is -3.87. The maximum absolute atomic E-state index is 13.2. The van der Waals surface area contributed by atoms with E-state index in [1.54, 1.807) is 30.3 Å². The van der Waals surface area contributed by atoms with Gasteiger partial charge in [-0.05, 0) is 42.8 Å². The van der Waals surface area contributed by atoms with Crippen molar-refractivity contribution in [1.29, 1.82) is 0 Å². The van der Waals surface area contributed by atoms with Crippen LogP contribution in [0.4, 0.5) is 0 Å². The molecule has 2 aromatic carbocycles. The molecule has 0 amide bonds. The van der Waals surface area contributed by atoms with Crippen molar-refractivity contribution in [1.82, 2.24) is 4.57 Å². The maximum Gasteiger partial charge on any atom is 0.186 e. The second kappa shape index (κ2) is 7.68. The fourth-order valence-corrected chi connectivity index (χ4v) is 7.93. The Balaban J connectivity index is 1.64. The normalized spacial score (nSPS) is 17.7. The van der Waals surface area contributed by atoms with Crippen LogP contribution < -0.4 is 4.74 Å². The molecule has 0 fully saturated rings. The molecule has 0 N–H and O–H groups in total. The molecule has 6 nitrogen and oxygen atoms in total. The van der Waals surface area contributed by atoms with Gasteiger partial charge in [-0.1, -0.05) is 24.3 Å². The second-order valence-corrected chi connectivity index (χ2v) is 11.1. The van der Waals surface area contributed by atoms with Gasteiger partial charge < -0.3 is 9.30 Å². The lowest BCUT2D eigenvalue weighted by Crippen LogP contribution is -2.16. The zero-order chi connectivity index (χ0) is 20.5. The molecule has 0 bridgehead atoms. The molecule has 3 aromatic rings. The summed E-state index contributed by atoms with van der Waals surface area (Å²) in [7, 11) is -7.57. The molecule has 1 unspecified atom stereocenters. The lowest BCUT2D eigenvalue weighted by Gasteiger charge is -2.16. The number of aryl methyl sites for hydroxylation is 1. The van der Waals surface area contributed by atoms with Crippen LogP contribution in [-0.2, 0) is 26.2 Å². The highest BCUT2D eigenvalue weighted by molar-refractivity contribution is 7.96. The van der Waals surface area contributed by atoms with E-state index in [0.717, 1.165) is 6.54 Å². The number of hydrogen-bond acceptors (Lipinski definition) is 5. The molecule has 1 aliphatic heterocycles. The standard InChI is InChI=1S/C21H21NO5S2/c23-28(24)16-20(29(25,26)17-8-2-1-3-9-17)21-18(10-6-11-19(21)28)27-15-7-14-22-12-4-5-13-22/h1-6,8-13,20H,7,14-16H2. The Morgan fingerprint density at radius 3 is 2.41 bits per heavy atom. The maximum atomic E-state index is 13.2. The van der Waals surface area contributed by atoms with E-state index in [4.69, 9.17) is 4.74 Å². The average molecular weight is 432 g/mol. The number of benzene rings is 2. The Morgan fingerprint density at radius 2 is 1.69 bits per heavy atom. The molecule has 0 saturated heterocycles. The van der Waals surface area contributed by atoms with Gasteiger partial charge in [-0.15, -0.1) is 0 Å². The summed E-state index contributed by atoms with van der Waals surface area (Å²) in [6.07, 6.45) is 4.62. The Kier molecular flexibility index (Phi) is 5.23. The van der Waals surface area contributed by atoms with Crippen LogP contribution >= 0.6 is 0 Å². The quantitative estimate of drug-likeness (QED) is 0.536. The van der Waals surface area contributed by atoms with Gasteiger partial charge in [0.05, 0.1) is 22.2 Å². The molecule has 152 valence electrons. The molecule has 1 aromatic heterocycles. The first-order chi connectivity index (χ1) is 13.9. The number of sulfone groups is 2. The van der Waals surface area contributed by atoms with Crippen LogP contribution in [0.5, 0.6) is 5.75 Å². The van der Waals surface area contributed by atoms with Gasteiger partial charge in [-0.25, -0.2) is 16.8 Å². The topological polar surface area (TPSA) is 82.4 Å². The zero-order valence-electron chi connectivity index (χ0n) is 15.6. The highest BCUT2D eigenvalue weighted by Crippen LogP contribution is 2.45. The van der Waals surface area contributed by atoms with Gasteiger partial charge >= 0.3 is 0 Å². The van der Waals surface area contributed by atoms with Gasteiger partial charge in [-0.3, -0.25) is 0 Å². The van der Waals surface area contributed by atoms with Crippen LogP contribution in [0.3, 0.4) is 0 Å². The van der Waals surface area contributed by atoms with Crippen molar-refractivity contribution in [2.45, 2.75) is 28.0 Å². The number of ether oxygens (including phenoxy) is 1. The zero-order valence-corrected chi connectivity index (χ0v) is 17.3. The fraction of sp³-hybridized carbons (Fsp3) is 0.238. The highest BCUT2D eigenvalue weighted by Gasteiger charge is 2.45. The van der Waals surface area contributed by atoms with E-state index in [1.807, 2.05) is 29.1 Å². The number of nitrogens with zero attached hydrogens (tertiary/aromatic N) is 1. The SMILES string of the molecule is O=S1(=O)CC(S(=O)(=O)c2ccccc2)c2c(OCCCn3cccc3)cccc21. The number of rotatable bonds is 7. The molecule has 0 radical (unpaired) electrons. The molecule has 1 aliphatic rings. The van der Waals surface area contributed by atoms with Crippen LogP contribution in [0.2, 0.25) is 0 Å². The molecule has 0 saturated carbocycles. The summed E-state index contributed by atoms with van der Waals surface area (Å²) >= 11 is 0. The van der Waals surface area contributed by atoms with Crippen molar-refractivity contribution < 1.29 is 21.6 Å². The largest absolute Gasteiger partial charge is 0.493 e. The molecule has 4 rings (SSSR count). The highest BCUT2D eigenvalue weighted by atomic mass is 32.2. The van der Waals surface area contributed by atoms with E-state index in [2.05, 4.69) is 0 Å². The van der Waals surface area contributed by atoms with Crippen molar-refractivity contribution >= 4 is 19.7 Å². The summed E-state index contributed by atoms with van der Waals surface area (Å²) in [5, 5.41) is -1.18. The summed E-state index contributed by atoms with van der Waals surface area (Å²) in [5.41, 5.74) is 0.248. The molecule has 2 heterocycles. The first-order valence-corrected chi connectivity index (χ1v) is 12.5. The summed E-state index contributed by atoms with van der Waals surface area (Å²) in [5.74, 6) is -0.149. The molecular weight excluding hydrogens is 410 g/mol. The molecule has 8 heteroatoms. The molecule has 1 atom stereocenters. The molecule has 29 heavy (non-hydrogen) atoms. The summed E-state index contributed by atoms with van der Waals surface area (Å²) < 4.78 is 59.6. The van der Waals surface area contributed by atoms with Crippen LogP contribution in [0.25, 0.3) is 0 Å². The van der Waals surface area contributed by atoms with Crippen LogP contribution in [0.1, 0.15) is 17.2 Å². The van der Waals surface area contributed by atoms with Gasteiger partial charge in [0.15, 0.2) is 19.7 Å². The minimum Gasteiger partial charge on any atom is -0.493 e. The first kappa shape index (κ1) is 19.7. The lowest BCUT2D eigenvalue weighted by molar-refractivity contribution is 0.298. The van der Waals surface area contributed by atoms with Gasteiger partial charge in [0.1, 0.15) is 11.0 Å². The van der Waals surface area contributed by atoms with E-state index >= 15 is 0 Å². The van der Waals surface area contributed by atoms with Gasteiger partial charge in [0.2, 0.25) is 0 Å². The third kappa shape index (κ3) is 3.82. The van der Waals surface area contributed by atoms with Crippen LogP contribution in [-0.4, -0.2) is 33.8 Å². The van der Waals surface area contributed by atoms with Gasteiger partial charge in [0.25, 0.3) is 0 Å². The van der Waals surface area contributed by atoms with Crippen molar-refractivity contribution in [3.63, 3.8) is 0 Å². The summed E-state index contributed by atoms with van der Waals surface area (Å²) in [4.78, 5) is 0.153. The Morgan fingerprint density at radius 1 is 0.966 bits per heavy atom. The third-order valence-electron chi connectivity index (χ3n) is 4.98. The van der Waals surface area contributed by atoms with Gasteiger partial charge in [0, 0.05) is 24.5 Å². The lowest BCUT2D eigenvalue weighted by atomic mass is 10.1. The fourth-order valence-electron chi connectivity index (χ4n) is 3.58. The van der Waals surface area contributed by atoms with E-state index in [9.17, 15) is 16.8 Å². The average Bonchev–Trinajstić information content (AvgIpc) is 3.33. The van der Waals surface area contributed by atoms with Crippen LogP contribution in [0.15, 0.2) is 82.8 Å². The number of hydrogen-bond donors (Lipinski definition) is 0. The Bertz CT molecular complexity index is 1200. The predicted octanol–water partition coefficient (Wildman–Crippen LogP) is 3.26.